The summed E-state index contributed by atoms with van der Waals surface area (Å²) in [6.45, 7) is 1.68. The number of nitrogens with zero attached hydrogens (tertiary/aromatic N) is 1. The van der Waals surface area contributed by atoms with E-state index in [1.54, 1.807) is 6.92 Å². The molecule has 0 fully saturated rings. The number of pyridine rings is 1. The van der Waals surface area contributed by atoms with Crippen molar-refractivity contribution in [1.29, 1.82) is 0 Å². The van der Waals surface area contributed by atoms with Gasteiger partial charge in [-0.05, 0) is 19.1 Å². The number of halogens is 1. The van der Waals surface area contributed by atoms with E-state index in [1.165, 1.54) is 18.3 Å². The van der Waals surface area contributed by atoms with Crippen LogP contribution in [0.2, 0.25) is 0 Å². The second kappa shape index (κ2) is 3.30. The van der Waals surface area contributed by atoms with E-state index < -0.39 is 12.1 Å². The Hall–Kier alpha value is -1.45. The van der Waals surface area contributed by atoms with Crippen LogP contribution in [0.25, 0.3) is 0 Å². The van der Waals surface area contributed by atoms with E-state index in [4.69, 9.17) is 5.11 Å². The SMILES string of the molecule is Cc1cc(C(F)C(=O)O)ccn1. The van der Waals surface area contributed by atoms with Crippen LogP contribution in [0.15, 0.2) is 18.3 Å². The maximum Gasteiger partial charge on any atom is 0.343 e. The molecule has 3 nitrogen and oxygen atoms in total. The molecule has 12 heavy (non-hydrogen) atoms. The molecule has 4 heteroatoms. The van der Waals surface area contributed by atoms with Gasteiger partial charge >= 0.3 is 5.97 Å². The van der Waals surface area contributed by atoms with E-state index in [0.717, 1.165) is 0 Å². The van der Waals surface area contributed by atoms with Gasteiger partial charge in [-0.3, -0.25) is 4.98 Å². The highest BCUT2D eigenvalue weighted by atomic mass is 19.1. The molecule has 1 atom stereocenters. The summed E-state index contributed by atoms with van der Waals surface area (Å²) < 4.78 is 12.8. The van der Waals surface area contributed by atoms with Gasteiger partial charge in [-0.1, -0.05) is 0 Å². The lowest BCUT2D eigenvalue weighted by Crippen LogP contribution is -2.06. The minimum atomic E-state index is -1.95. The first kappa shape index (κ1) is 8.64. The third-order valence-electron chi connectivity index (χ3n) is 1.43. The molecule has 0 radical (unpaired) electrons. The highest BCUT2D eigenvalue weighted by Gasteiger charge is 2.17. The molecular weight excluding hydrogens is 161 g/mol. The molecule has 0 aliphatic rings. The molecule has 64 valence electrons. The van der Waals surface area contributed by atoms with E-state index in [0.29, 0.717) is 5.69 Å². The van der Waals surface area contributed by atoms with Crippen molar-refractivity contribution in [3.05, 3.63) is 29.6 Å². The van der Waals surface area contributed by atoms with Crippen LogP contribution in [0.1, 0.15) is 17.4 Å². The summed E-state index contributed by atoms with van der Waals surface area (Å²) in [4.78, 5) is 14.0. The number of carbonyl (C=O) groups is 1. The zero-order valence-electron chi connectivity index (χ0n) is 6.49. The van der Waals surface area contributed by atoms with E-state index in [2.05, 4.69) is 4.98 Å². The maximum absolute atomic E-state index is 12.8. The molecule has 1 aromatic heterocycles. The lowest BCUT2D eigenvalue weighted by Gasteiger charge is -2.02. The average Bonchev–Trinajstić information content (AvgIpc) is 2.03. The first-order chi connectivity index (χ1) is 5.61. The molecule has 1 rings (SSSR count). The Balaban J connectivity index is 2.95. The summed E-state index contributed by atoms with van der Waals surface area (Å²) in [5.74, 6) is -1.47. The fourth-order valence-corrected chi connectivity index (χ4v) is 0.868. The molecular formula is C8H8FNO2. The fourth-order valence-electron chi connectivity index (χ4n) is 0.868. The Morgan fingerprint density at radius 1 is 1.75 bits per heavy atom. The first-order valence-corrected chi connectivity index (χ1v) is 3.40. The smallest absolute Gasteiger partial charge is 0.343 e. The second-order valence-electron chi connectivity index (χ2n) is 2.43. The van der Waals surface area contributed by atoms with Gasteiger partial charge in [0.15, 0.2) is 0 Å². The van der Waals surface area contributed by atoms with Crippen LogP contribution in [0, 0.1) is 6.92 Å². The van der Waals surface area contributed by atoms with Crippen molar-refractivity contribution in [2.75, 3.05) is 0 Å². The summed E-state index contributed by atoms with van der Waals surface area (Å²) >= 11 is 0. The number of hydrogen-bond donors (Lipinski definition) is 1. The zero-order chi connectivity index (χ0) is 9.14. The zero-order valence-corrected chi connectivity index (χ0v) is 6.49. The van der Waals surface area contributed by atoms with Crippen molar-refractivity contribution in [2.24, 2.45) is 0 Å². The summed E-state index contributed by atoms with van der Waals surface area (Å²) in [5, 5.41) is 8.33. The molecule has 1 aromatic rings. The van der Waals surface area contributed by atoms with Crippen molar-refractivity contribution in [3.8, 4) is 0 Å². The van der Waals surface area contributed by atoms with Gasteiger partial charge in [-0.25, -0.2) is 9.18 Å². The first-order valence-electron chi connectivity index (χ1n) is 3.40. The van der Waals surface area contributed by atoms with E-state index in [9.17, 15) is 9.18 Å². The Labute approximate surface area is 68.9 Å². The number of hydrogen-bond acceptors (Lipinski definition) is 2. The third-order valence-corrected chi connectivity index (χ3v) is 1.43. The minimum absolute atomic E-state index is 0.134. The normalized spacial score (nSPS) is 12.5. The largest absolute Gasteiger partial charge is 0.479 e. The molecule has 0 aliphatic carbocycles. The quantitative estimate of drug-likeness (QED) is 0.729. The highest BCUT2D eigenvalue weighted by Crippen LogP contribution is 2.16. The van der Waals surface area contributed by atoms with Gasteiger partial charge in [0, 0.05) is 17.5 Å². The maximum atomic E-state index is 12.8. The van der Waals surface area contributed by atoms with Gasteiger partial charge in [-0.2, -0.15) is 0 Å². The molecule has 0 saturated carbocycles. The number of aryl methyl sites for hydroxylation is 1. The predicted molar refractivity (Wildman–Crippen MR) is 40.5 cm³/mol. The summed E-state index contributed by atoms with van der Waals surface area (Å²) in [6.07, 6.45) is -0.563. The fraction of sp³-hybridized carbons (Fsp3) is 0.250. The number of alkyl halides is 1. The topological polar surface area (TPSA) is 50.2 Å². The summed E-state index contributed by atoms with van der Waals surface area (Å²) in [6, 6.07) is 2.77. The van der Waals surface area contributed by atoms with Crippen LogP contribution in [0.3, 0.4) is 0 Å². The van der Waals surface area contributed by atoms with E-state index in [1.807, 2.05) is 0 Å². The molecule has 0 spiro atoms. The highest BCUT2D eigenvalue weighted by molar-refractivity contribution is 5.74. The predicted octanol–water partition coefficient (Wildman–Crippen LogP) is 1.49. The molecule has 1 unspecified atom stereocenters. The van der Waals surface area contributed by atoms with Gasteiger partial charge in [-0.15, -0.1) is 0 Å². The van der Waals surface area contributed by atoms with E-state index in [-0.39, 0.29) is 5.56 Å². The molecule has 0 bridgehead atoms. The van der Waals surface area contributed by atoms with Crippen molar-refractivity contribution in [3.63, 3.8) is 0 Å². The third kappa shape index (κ3) is 1.78. The van der Waals surface area contributed by atoms with Crippen molar-refractivity contribution in [2.45, 2.75) is 13.1 Å². The Bertz CT molecular complexity index is 301. The molecule has 0 aromatic carbocycles. The van der Waals surface area contributed by atoms with E-state index >= 15 is 0 Å². The van der Waals surface area contributed by atoms with Gasteiger partial charge in [0.05, 0.1) is 0 Å². The van der Waals surface area contributed by atoms with Crippen molar-refractivity contribution in [1.82, 2.24) is 4.98 Å². The summed E-state index contributed by atoms with van der Waals surface area (Å²) in [7, 11) is 0. The Morgan fingerprint density at radius 2 is 2.42 bits per heavy atom. The van der Waals surface area contributed by atoms with Crippen LogP contribution in [0.5, 0.6) is 0 Å². The standard InChI is InChI=1S/C8H8FNO2/c1-5-4-6(2-3-10-5)7(9)8(11)12/h2-4,7H,1H3,(H,11,12). The van der Waals surface area contributed by atoms with Gasteiger partial charge in [0.2, 0.25) is 6.17 Å². The lowest BCUT2D eigenvalue weighted by atomic mass is 10.1. The number of rotatable bonds is 2. The van der Waals surface area contributed by atoms with Gasteiger partial charge in [0.1, 0.15) is 0 Å². The Morgan fingerprint density at radius 3 is 2.92 bits per heavy atom. The molecule has 0 aliphatic heterocycles. The van der Waals surface area contributed by atoms with Crippen molar-refractivity contribution >= 4 is 5.97 Å². The van der Waals surface area contributed by atoms with Crippen LogP contribution < -0.4 is 0 Å². The summed E-state index contributed by atoms with van der Waals surface area (Å²) in [5.41, 5.74) is 0.742. The number of carboxylic acids is 1. The van der Waals surface area contributed by atoms with Gasteiger partial charge < -0.3 is 5.11 Å². The number of aromatic nitrogens is 1. The average molecular weight is 169 g/mol. The number of carboxylic acid groups (broad SMARTS) is 1. The van der Waals surface area contributed by atoms with Gasteiger partial charge in [0.25, 0.3) is 0 Å². The molecule has 1 heterocycles. The van der Waals surface area contributed by atoms with Crippen LogP contribution >= 0.6 is 0 Å². The molecule has 0 saturated heterocycles. The van der Waals surface area contributed by atoms with Crippen LogP contribution in [0.4, 0.5) is 4.39 Å². The van der Waals surface area contributed by atoms with Crippen LogP contribution in [-0.2, 0) is 4.79 Å². The second-order valence-corrected chi connectivity index (χ2v) is 2.43. The molecule has 1 N–H and O–H groups in total. The van der Waals surface area contributed by atoms with Crippen LogP contribution in [-0.4, -0.2) is 16.1 Å². The molecule has 0 amide bonds. The Kier molecular flexibility index (Phi) is 2.38. The monoisotopic (exact) mass is 169 g/mol. The van der Waals surface area contributed by atoms with Crippen molar-refractivity contribution < 1.29 is 14.3 Å². The minimum Gasteiger partial charge on any atom is -0.479 e. The lowest BCUT2D eigenvalue weighted by molar-refractivity contribution is -0.143. The number of aliphatic carboxylic acids is 1.